The van der Waals surface area contributed by atoms with Crippen molar-refractivity contribution in [1.82, 2.24) is 9.62 Å². The largest absolute Gasteiger partial charge is 0.324 e. The van der Waals surface area contributed by atoms with E-state index in [0.717, 1.165) is 38.0 Å². The fourth-order valence-electron chi connectivity index (χ4n) is 2.68. The van der Waals surface area contributed by atoms with Gasteiger partial charge in [0.15, 0.2) is 0 Å². The Kier molecular flexibility index (Phi) is 5.37. The molecule has 0 amide bonds. The van der Waals surface area contributed by atoms with Crippen molar-refractivity contribution in [3.05, 3.63) is 29.8 Å². The summed E-state index contributed by atoms with van der Waals surface area (Å²) in [4.78, 5) is 2.58. The van der Waals surface area contributed by atoms with Crippen LogP contribution in [-0.4, -0.2) is 39.0 Å². The monoisotopic (exact) mass is 311 g/mol. The fourth-order valence-corrected chi connectivity index (χ4v) is 3.94. The summed E-state index contributed by atoms with van der Waals surface area (Å²) in [5.41, 5.74) is 6.72. The lowest BCUT2D eigenvalue weighted by Crippen LogP contribution is -2.47. The van der Waals surface area contributed by atoms with E-state index in [9.17, 15) is 8.42 Å². The first kappa shape index (κ1) is 16.4. The molecule has 2 unspecified atom stereocenters. The lowest BCUT2D eigenvalue weighted by Gasteiger charge is -2.32. The Labute approximate surface area is 127 Å². The number of nitrogens with one attached hydrogen (secondary N) is 1. The Morgan fingerprint density at radius 1 is 1.38 bits per heavy atom. The van der Waals surface area contributed by atoms with Crippen LogP contribution >= 0.6 is 0 Å². The van der Waals surface area contributed by atoms with Gasteiger partial charge < -0.3 is 10.6 Å². The molecule has 118 valence electrons. The molecule has 1 aromatic rings. The lowest BCUT2D eigenvalue weighted by atomic mass is 10.1. The number of likely N-dealkylation sites (tertiary alicyclic amines) is 1. The number of nitrogens with zero attached hydrogens (tertiary/aromatic N) is 1. The molecule has 0 spiro atoms. The quantitative estimate of drug-likeness (QED) is 0.863. The van der Waals surface area contributed by atoms with Gasteiger partial charge in [0, 0.05) is 18.6 Å². The molecule has 0 bridgehead atoms. The third kappa shape index (κ3) is 4.26. The van der Waals surface area contributed by atoms with Gasteiger partial charge in [0.25, 0.3) is 0 Å². The summed E-state index contributed by atoms with van der Waals surface area (Å²) < 4.78 is 27.7. The predicted molar refractivity (Wildman–Crippen MR) is 84.5 cm³/mol. The molecule has 5 nitrogen and oxygen atoms in total. The molecule has 1 fully saturated rings. The van der Waals surface area contributed by atoms with Crippen LogP contribution in [0.1, 0.15) is 38.3 Å². The van der Waals surface area contributed by atoms with Gasteiger partial charge in [-0.1, -0.05) is 19.1 Å². The third-order valence-electron chi connectivity index (χ3n) is 3.99. The van der Waals surface area contributed by atoms with Gasteiger partial charge in [-0.3, -0.25) is 0 Å². The average molecular weight is 311 g/mol. The summed E-state index contributed by atoms with van der Waals surface area (Å²) >= 11 is 0. The summed E-state index contributed by atoms with van der Waals surface area (Å²) in [7, 11) is -3.45. The standard InChI is InChI=1S/C15H25N3O2S/c1-3-18-10-4-5-14(11-18)17-21(19,20)15-8-6-13(7-9-15)12(2)16/h6-9,12,14,17H,3-5,10-11,16H2,1-2H3. The minimum Gasteiger partial charge on any atom is -0.324 e. The average Bonchev–Trinajstić information content (AvgIpc) is 2.47. The van der Waals surface area contributed by atoms with Crippen molar-refractivity contribution in [3.63, 3.8) is 0 Å². The second-order valence-electron chi connectivity index (χ2n) is 5.71. The van der Waals surface area contributed by atoms with E-state index in [1.165, 1.54) is 0 Å². The molecule has 6 heteroatoms. The SMILES string of the molecule is CCN1CCCC(NS(=O)(=O)c2ccc(C(C)N)cc2)C1. The van der Waals surface area contributed by atoms with Crippen molar-refractivity contribution in [3.8, 4) is 0 Å². The Hall–Kier alpha value is -0.950. The minimum atomic E-state index is -3.45. The van der Waals surface area contributed by atoms with E-state index in [1.807, 2.05) is 6.92 Å². The van der Waals surface area contributed by atoms with Gasteiger partial charge in [0.1, 0.15) is 0 Å². The first-order chi connectivity index (χ1) is 9.92. The normalized spacial score (nSPS) is 22.1. The number of piperidine rings is 1. The first-order valence-electron chi connectivity index (χ1n) is 7.52. The summed E-state index contributed by atoms with van der Waals surface area (Å²) in [6.45, 7) is 6.78. The maximum Gasteiger partial charge on any atom is 0.240 e. The van der Waals surface area contributed by atoms with Crippen LogP contribution in [0.3, 0.4) is 0 Å². The van der Waals surface area contributed by atoms with E-state index < -0.39 is 10.0 Å². The number of sulfonamides is 1. The number of nitrogens with two attached hydrogens (primary N) is 1. The molecule has 0 radical (unpaired) electrons. The molecule has 21 heavy (non-hydrogen) atoms. The second-order valence-corrected chi connectivity index (χ2v) is 7.43. The number of benzene rings is 1. The van der Waals surface area contributed by atoms with Crippen molar-refractivity contribution >= 4 is 10.0 Å². The van der Waals surface area contributed by atoms with Crippen LogP contribution in [0, 0.1) is 0 Å². The van der Waals surface area contributed by atoms with E-state index in [4.69, 9.17) is 5.73 Å². The summed E-state index contributed by atoms with van der Waals surface area (Å²) in [6.07, 6.45) is 1.93. The zero-order valence-electron chi connectivity index (χ0n) is 12.7. The number of likely N-dealkylation sites (N-methyl/N-ethyl adjacent to an activating group) is 1. The Balaban J connectivity index is 2.07. The van der Waals surface area contributed by atoms with Crippen LogP contribution in [0.4, 0.5) is 0 Å². The fraction of sp³-hybridized carbons (Fsp3) is 0.600. The first-order valence-corrected chi connectivity index (χ1v) is 9.01. The topological polar surface area (TPSA) is 75.4 Å². The number of hydrogen-bond donors (Lipinski definition) is 2. The van der Waals surface area contributed by atoms with Crippen molar-refractivity contribution in [2.75, 3.05) is 19.6 Å². The molecule has 2 atom stereocenters. The van der Waals surface area contributed by atoms with Crippen molar-refractivity contribution < 1.29 is 8.42 Å². The van der Waals surface area contributed by atoms with Crippen LogP contribution in [-0.2, 0) is 10.0 Å². The highest BCUT2D eigenvalue weighted by Gasteiger charge is 2.24. The Bertz CT molecular complexity index is 555. The van der Waals surface area contributed by atoms with Gasteiger partial charge in [-0.05, 0) is 50.6 Å². The molecule has 0 saturated carbocycles. The van der Waals surface area contributed by atoms with Crippen LogP contribution in [0.5, 0.6) is 0 Å². The van der Waals surface area contributed by atoms with Crippen LogP contribution < -0.4 is 10.5 Å². The lowest BCUT2D eigenvalue weighted by molar-refractivity contribution is 0.211. The molecule has 1 aliphatic heterocycles. The minimum absolute atomic E-state index is 0.00295. The molecular weight excluding hydrogens is 286 g/mol. The van der Waals surface area contributed by atoms with Gasteiger partial charge in [-0.25, -0.2) is 13.1 Å². The van der Waals surface area contributed by atoms with Gasteiger partial charge in [-0.15, -0.1) is 0 Å². The van der Waals surface area contributed by atoms with Crippen LogP contribution in [0.25, 0.3) is 0 Å². The molecule has 3 N–H and O–H groups in total. The Morgan fingerprint density at radius 3 is 2.62 bits per heavy atom. The van der Waals surface area contributed by atoms with Gasteiger partial charge in [-0.2, -0.15) is 0 Å². The van der Waals surface area contributed by atoms with E-state index in [-0.39, 0.29) is 12.1 Å². The molecule has 1 heterocycles. The van der Waals surface area contributed by atoms with Gasteiger partial charge in [0.05, 0.1) is 4.90 Å². The highest BCUT2D eigenvalue weighted by atomic mass is 32.2. The van der Waals surface area contributed by atoms with Crippen LogP contribution in [0.15, 0.2) is 29.2 Å². The summed E-state index contributed by atoms with van der Waals surface area (Å²) in [5.74, 6) is 0. The summed E-state index contributed by atoms with van der Waals surface area (Å²) in [5, 5.41) is 0. The maximum atomic E-state index is 12.4. The predicted octanol–water partition coefficient (Wildman–Crippen LogP) is 1.47. The van der Waals surface area contributed by atoms with Gasteiger partial charge >= 0.3 is 0 Å². The third-order valence-corrected chi connectivity index (χ3v) is 5.53. The molecule has 0 aromatic heterocycles. The van der Waals surface area contributed by atoms with E-state index in [2.05, 4.69) is 16.5 Å². The summed E-state index contributed by atoms with van der Waals surface area (Å²) in [6, 6.07) is 6.71. The van der Waals surface area contributed by atoms with Crippen molar-refractivity contribution in [2.24, 2.45) is 5.73 Å². The van der Waals surface area contributed by atoms with Crippen LogP contribution in [0.2, 0.25) is 0 Å². The smallest absolute Gasteiger partial charge is 0.240 e. The molecule has 1 aliphatic rings. The highest BCUT2D eigenvalue weighted by Crippen LogP contribution is 2.17. The molecular formula is C15H25N3O2S. The zero-order chi connectivity index (χ0) is 15.5. The molecule has 1 saturated heterocycles. The highest BCUT2D eigenvalue weighted by molar-refractivity contribution is 7.89. The maximum absolute atomic E-state index is 12.4. The second kappa shape index (κ2) is 6.87. The van der Waals surface area contributed by atoms with Crippen molar-refractivity contribution in [1.29, 1.82) is 0 Å². The molecule has 0 aliphatic carbocycles. The van der Waals surface area contributed by atoms with E-state index in [1.54, 1.807) is 24.3 Å². The number of hydrogen-bond acceptors (Lipinski definition) is 4. The van der Waals surface area contributed by atoms with Crippen molar-refractivity contribution in [2.45, 2.75) is 43.7 Å². The van der Waals surface area contributed by atoms with Gasteiger partial charge in [0.2, 0.25) is 10.0 Å². The molecule has 1 aromatic carbocycles. The van der Waals surface area contributed by atoms with E-state index >= 15 is 0 Å². The van der Waals surface area contributed by atoms with E-state index in [0.29, 0.717) is 4.90 Å². The zero-order valence-corrected chi connectivity index (χ0v) is 13.6. The molecule has 2 rings (SSSR count). The number of rotatable bonds is 5. The Morgan fingerprint density at radius 2 is 2.05 bits per heavy atom.